The highest BCUT2D eigenvalue weighted by Crippen LogP contribution is 2.40. The predicted molar refractivity (Wildman–Crippen MR) is 177 cm³/mol. The molecule has 1 aliphatic rings. The number of hydrogen-bond acceptors (Lipinski definition) is 9. The molecule has 0 unspecified atom stereocenters. The molecule has 0 bridgehead atoms. The molecular weight excluding hydrogens is 649 g/mol. The number of aliphatic hydroxyl groups is 1. The van der Waals surface area contributed by atoms with Crippen LogP contribution in [0.1, 0.15) is 23.2 Å². The van der Waals surface area contributed by atoms with Gasteiger partial charge in [-0.3, -0.25) is 4.79 Å². The fraction of sp³-hybridized carbons (Fsp3) is 0.294. The lowest BCUT2D eigenvalue weighted by Crippen LogP contribution is -2.46. The van der Waals surface area contributed by atoms with Gasteiger partial charge >= 0.3 is 6.18 Å². The van der Waals surface area contributed by atoms with Gasteiger partial charge in [-0.1, -0.05) is 48.0 Å². The number of alkyl halides is 3. The summed E-state index contributed by atoms with van der Waals surface area (Å²) in [5.41, 5.74) is 2.76. The van der Waals surface area contributed by atoms with Crippen LogP contribution in [0.4, 0.5) is 24.7 Å². The monoisotopic (exact) mass is 680 g/mol. The number of halogens is 4. The lowest BCUT2D eigenvalue weighted by atomic mass is 9.96. The van der Waals surface area contributed by atoms with E-state index in [-0.39, 0.29) is 29.2 Å². The minimum absolute atomic E-state index is 0.0124. The van der Waals surface area contributed by atoms with Crippen LogP contribution in [0.3, 0.4) is 0 Å². The fourth-order valence-corrected chi connectivity index (χ4v) is 6.08. The van der Waals surface area contributed by atoms with Crippen LogP contribution in [0.2, 0.25) is 5.02 Å². The third kappa shape index (κ3) is 6.59. The number of aryl methyl sites for hydroxylation is 1. The van der Waals surface area contributed by atoms with Crippen LogP contribution in [0.25, 0.3) is 33.2 Å². The van der Waals surface area contributed by atoms with Crippen molar-refractivity contribution in [2.75, 3.05) is 25.6 Å². The van der Waals surface area contributed by atoms with Crippen molar-refractivity contribution in [1.82, 2.24) is 25.1 Å². The van der Waals surface area contributed by atoms with Crippen molar-refractivity contribution < 1.29 is 27.8 Å². The molecule has 0 amide bonds. The SMILES string of the molecule is COc1nc(-c2cccc(-c3cccc(Nc4nc(C(F)(F)F)cc5cnn(C)c(=O)c45)c3C)c2Cl)ccc1CN[C@@H]1CCOC[C@@H]1O. The standard InChI is InChI=1S/C34H32ClF3N6O4/c1-18-21(6-5-9-24(18)41-31-29-20(16-40-44(2)33(29)46)14-28(43-31)34(36,37)38)22-7-4-8-23(30(22)35)25-11-10-19(32(42-25)47-3)15-39-26-12-13-48-17-27(26)45/h4-11,14,16,26-27,39,45H,12-13,15,17H2,1-3H3,(H,41,43)/t26-,27+/m1/s1. The van der Waals surface area contributed by atoms with Gasteiger partial charge < -0.3 is 25.2 Å². The minimum atomic E-state index is -4.74. The zero-order chi connectivity index (χ0) is 34.2. The van der Waals surface area contributed by atoms with Gasteiger partial charge in [0.25, 0.3) is 5.56 Å². The van der Waals surface area contributed by atoms with Gasteiger partial charge in [-0.2, -0.15) is 18.3 Å². The molecule has 2 atom stereocenters. The lowest BCUT2D eigenvalue weighted by Gasteiger charge is -2.28. The van der Waals surface area contributed by atoms with Crippen molar-refractivity contribution in [1.29, 1.82) is 0 Å². The summed E-state index contributed by atoms with van der Waals surface area (Å²) in [5, 5.41) is 20.8. The number of nitrogens with zero attached hydrogens (tertiary/aromatic N) is 4. The third-order valence-corrected chi connectivity index (χ3v) is 8.79. The first-order valence-electron chi connectivity index (χ1n) is 15.1. The molecule has 0 saturated carbocycles. The molecular formula is C34H32ClF3N6O4. The zero-order valence-corrected chi connectivity index (χ0v) is 27.0. The smallest absolute Gasteiger partial charge is 0.433 e. The van der Waals surface area contributed by atoms with Gasteiger partial charge in [0, 0.05) is 54.0 Å². The zero-order valence-electron chi connectivity index (χ0n) is 26.2. The largest absolute Gasteiger partial charge is 0.481 e. The summed E-state index contributed by atoms with van der Waals surface area (Å²) in [7, 11) is 2.95. The Balaban J connectivity index is 1.34. The van der Waals surface area contributed by atoms with Crippen molar-refractivity contribution >= 4 is 33.9 Å². The van der Waals surface area contributed by atoms with Crippen LogP contribution in [0, 0.1) is 6.92 Å². The Labute approximate surface area is 278 Å². The van der Waals surface area contributed by atoms with Crippen molar-refractivity contribution in [3.63, 3.8) is 0 Å². The molecule has 5 aromatic rings. The number of anilines is 2. The molecule has 4 heterocycles. The average molecular weight is 681 g/mol. The van der Waals surface area contributed by atoms with E-state index in [1.165, 1.54) is 20.4 Å². The molecule has 48 heavy (non-hydrogen) atoms. The highest BCUT2D eigenvalue weighted by atomic mass is 35.5. The van der Waals surface area contributed by atoms with Crippen LogP contribution in [0.5, 0.6) is 5.88 Å². The normalized spacial score (nSPS) is 16.7. The van der Waals surface area contributed by atoms with Crippen LogP contribution >= 0.6 is 11.6 Å². The Morgan fingerprint density at radius 2 is 1.85 bits per heavy atom. The van der Waals surface area contributed by atoms with E-state index in [0.29, 0.717) is 64.1 Å². The van der Waals surface area contributed by atoms with Crippen LogP contribution in [-0.2, 0) is 24.5 Å². The van der Waals surface area contributed by atoms with E-state index in [1.807, 2.05) is 36.4 Å². The Morgan fingerprint density at radius 3 is 2.60 bits per heavy atom. The van der Waals surface area contributed by atoms with E-state index < -0.39 is 23.5 Å². The summed E-state index contributed by atoms with van der Waals surface area (Å²) >= 11 is 7.02. The van der Waals surface area contributed by atoms with E-state index in [9.17, 15) is 23.1 Å². The summed E-state index contributed by atoms with van der Waals surface area (Å²) in [6, 6.07) is 15.2. The van der Waals surface area contributed by atoms with Gasteiger partial charge in [0.1, 0.15) is 11.5 Å². The van der Waals surface area contributed by atoms with Gasteiger partial charge in [-0.05, 0) is 42.7 Å². The van der Waals surface area contributed by atoms with Crippen molar-refractivity contribution in [2.24, 2.45) is 7.05 Å². The Morgan fingerprint density at radius 1 is 1.10 bits per heavy atom. The highest BCUT2D eigenvalue weighted by molar-refractivity contribution is 6.36. The second-order valence-corrected chi connectivity index (χ2v) is 11.8. The quantitative estimate of drug-likeness (QED) is 0.180. The fourth-order valence-electron chi connectivity index (χ4n) is 5.75. The number of rotatable bonds is 8. The molecule has 3 aromatic heterocycles. The minimum Gasteiger partial charge on any atom is -0.481 e. The number of nitrogens with one attached hydrogen (secondary N) is 2. The van der Waals surface area contributed by atoms with Crippen LogP contribution < -0.4 is 20.9 Å². The number of pyridine rings is 2. The number of aromatic nitrogens is 4. The van der Waals surface area contributed by atoms with E-state index in [1.54, 1.807) is 19.1 Å². The molecule has 0 aliphatic carbocycles. The molecule has 1 fully saturated rings. The first kappa shape index (κ1) is 33.3. The number of hydrogen-bond donors (Lipinski definition) is 3. The third-order valence-electron chi connectivity index (χ3n) is 8.38. The highest BCUT2D eigenvalue weighted by Gasteiger charge is 2.34. The molecule has 3 N–H and O–H groups in total. The lowest BCUT2D eigenvalue weighted by molar-refractivity contribution is -0.141. The Bertz CT molecular complexity index is 2060. The van der Waals surface area contributed by atoms with Gasteiger partial charge in [0.2, 0.25) is 5.88 Å². The molecule has 2 aromatic carbocycles. The molecule has 1 saturated heterocycles. The first-order valence-corrected chi connectivity index (χ1v) is 15.5. The van der Waals surface area contributed by atoms with E-state index in [2.05, 4.69) is 20.7 Å². The summed E-state index contributed by atoms with van der Waals surface area (Å²) in [6.07, 6.45) is -3.44. The van der Waals surface area contributed by atoms with E-state index in [4.69, 9.17) is 26.1 Å². The molecule has 6 rings (SSSR count). The van der Waals surface area contributed by atoms with Crippen molar-refractivity contribution in [3.05, 3.63) is 93.0 Å². The summed E-state index contributed by atoms with van der Waals surface area (Å²) < 4.78 is 53.2. The second-order valence-electron chi connectivity index (χ2n) is 11.4. The van der Waals surface area contributed by atoms with E-state index in [0.717, 1.165) is 16.3 Å². The topological polar surface area (TPSA) is 123 Å². The van der Waals surface area contributed by atoms with Crippen molar-refractivity contribution in [3.8, 4) is 28.3 Å². The number of aliphatic hydroxyl groups excluding tert-OH is 1. The molecule has 0 radical (unpaired) electrons. The molecule has 14 heteroatoms. The van der Waals surface area contributed by atoms with E-state index >= 15 is 0 Å². The Hall–Kier alpha value is -4.56. The number of methoxy groups -OCH3 is 1. The van der Waals surface area contributed by atoms with Gasteiger partial charge in [0.05, 0.1) is 42.1 Å². The maximum absolute atomic E-state index is 13.8. The molecule has 10 nitrogen and oxygen atoms in total. The maximum Gasteiger partial charge on any atom is 0.433 e. The number of benzene rings is 2. The summed E-state index contributed by atoms with van der Waals surface area (Å²) in [5.74, 6) is 0.174. The van der Waals surface area contributed by atoms with Crippen LogP contribution in [0.15, 0.2) is 65.6 Å². The Kier molecular flexibility index (Phi) is 9.39. The second kappa shape index (κ2) is 13.5. The predicted octanol–water partition coefficient (Wildman–Crippen LogP) is 6.03. The maximum atomic E-state index is 13.8. The first-order chi connectivity index (χ1) is 23.0. The van der Waals surface area contributed by atoms with Gasteiger partial charge in [-0.25, -0.2) is 14.6 Å². The summed E-state index contributed by atoms with van der Waals surface area (Å²) in [6.45, 7) is 3.10. The summed E-state index contributed by atoms with van der Waals surface area (Å²) in [4.78, 5) is 21.5. The molecule has 0 spiro atoms. The van der Waals surface area contributed by atoms with Gasteiger partial charge in [0.15, 0.2) is 0 Å². The average Bonchev–Trinajstić information content (AvgIpc) is 3.06. The van der Waals surface area contributed by atoms with Gasteiger partial charge in [-0.15, -0.1) is 0 Å². The molecule has 250 valence electrons. The van der Waals surface area contributed by atoms with Crippen LogP contribution in [-0.4, -0.2) is 57.3 Å². The number of ether oxygens (including phenoxy) is 2. The number of fused-ring (bicyclic) bond motifs is 1. The van der Waals surface area contributed by atoms with Crippen molar-refractivity contribution in [2.45, 2.75) is 38.2 Å². The molecule has 1 aliphatic heterocycles.